The zero-order valence-electron chi connectivity index (χ0n) is 25.7. The number of aliphatic hydroxyl groups is 3. The zero-order valence-corrected chi connectivity index (χ0v) is 25.7. The van der Waals surface area contributed by atoms with Crippen LogP contribution >= 0.6 is 0 Å². The fraction of sp³-hybridized carbons (Fsp3) is 0.500. The number of phenolic OH excluding ortho intramolecular Hbond substituents is 1. The molecule has 1 aromatic carbocycles. The number of amides is 1. The van der Waals surface area contributed by atoms with Gasteiger partial charge in [0, 0.05) is 19.8 Å². The highest BCUT2D eigenvalue weighted by Crippen LogP contribution is 2.59. The van der Waals surface area contributed by atoms with E-state index in [1.807, 2.05) is 0 Å². The highest BCUT2D eigenvalue weighted by molar-refractivity contribution is 6.25. The lowest BCUT2D eigenvalue weighted by Gasteiger charge is -2.58. The summed E-state index contributed by atoms with van der Waals surface area (Å²) in [6.07, 6.45) is 2.91. The lowest BCUT2D eigenvalue weighted by Crippen LogP contribution is -2.80. The molecule has 0 radical (unpaired) electrons. The quantitative estimate of drug-likeness (QED) is 0.175. The lowest BCUT2D eigenvalue weighted by molar-refractivity contribution is -0.139. The molecule has 0 spiro atoms. The molecule has 0 heterocycles. The van der Waals surface area contributed by atoms with Crippen molar-refractivity contribution in [1.82, 2.24) is 4.90 Å². The number of Topliss-reactive ketones (excluding diaryl/α,β-unsaturated/α-hetero) is 2. The Bertz CT molecular complexity index is 1720. The number of nitrogens with zero attached hydrogens (tertiary/aromatic N) is 3. The lowest BCUT2D eigenvalue weighted by atomic mass is 9.47. The Hall–Kier alpha value is -4.40. The Morgan fingerprint density at radius 2 is 1.69 bits per heavy atom. The number of nitrogens with two attached hydrogens (primary N) is 3. The molecule has 4 atom stereocenters. The second-order valence-electron chi connectivity index (χ2n) is 13.2. The molecule has 0 bridgehead atoms. The van der Waals surface area contributed by atoms with E-state index in [1.54, 1.807) is 31.1 Å². The third kappa shape index (κ3) is 4.26. The van der Waals surface area contributed by atoms with Gasteiger partial charge in [0.25, 0.3) is 5.91 Å². The normalized spacial score (nSPS) is 30.5. The van der Waals surface area contributed by atoms with Crippen molar-refractivity contribution in [1.29, 1.82) is 5.26 Å². The summed E-state index contributed by atoms with van der Waals surface area (Å²) in [5, 5.41) is 56.2. The highest BCUT2D eigenvalue weighted by Gasteiger charge is 2.74. The zero-order chi connectivity index (χ0) is 33.4. The molecule has 10 N–H and O–H groups in total. The molecule has 45 heavy (non-hydrogen) atoms. The molecule has 13 heteroatoms. The molecule has 0 aromatic heterocycles. The number of rotatable bonds is 3. The summed E-state index contributed by atoms with van der Waals surface area (Å²) in [5.41, 5.74) is 10.6. The number of ketones is 2. The summed E-state index contributed by atoms with van der Waals surface area (Å²) in [6.45, 7) is 0. The molecule has 2 saturated carbocycles. The Kier molecular flexibility index (Phi) is 7.34. The maximum Gasteiger partial charge on any atom is 0.255 e. The van der Waals surface area contributed by atoms with Crippen molar-refractivity contribution >= 4 is 28.9 Å². The number of benzene rings is 1. The van der Waals surface area contributed by atoms with Gasteiger partial charge in [-0.1, -0.05) is 18.3 Å². The molecular formula is C32H38N6O7. The van der Waals surface area contributed by atoms with Crippen LogP contribution in [0.5, 0.6) is 5.75 Å². The van der Waals surface area contributed by atoms with Crippen molar-refractivity contribution in [2.45, 2.75) is 67.7 Å². The van der Waals surface area contributed by atoms with Crippen LogP contribution in [0.1, 0.15) is 55.2 Å². The predicted octanol–water partition coefficient (Wildman–Crippen LogP) is 0.0182. The molecule has 0 saturated heterocycles. The summed E-state index contributed by atoms with van der Waals surface area (Å²) < 4.78 is 0. The summed E-state index contributed by atoms with van der Waals surface area (Å²) in [5.74, 6) is -0.263. The monoisotopic (exact) mass is 618 g/mol. The van der Waals surface area contributed by atoms with Gasteiger partial charge in [0.15, 0.2) is 17.0 Å². The highest BCUT2D eigenvalue weighted by atomic mass is 16.3. The number of aliphatic hydroxyl groups excluding tert-OH is 2. The number of phenols is 1. The van der Waals surface area contributed by atoms with E-state index >= 15 is 0 Å². The van der Waals surface area contributed by atoms with Gasteiger partial charge in [-0.15, -0.1) is 0 Å². The van der Waals surface area contributed by atoms with Crippen molar-refractivity contribution in [3.8, 4) is 23.7 Å². The predicted molar refractivity (Wildman–Crippen MR) is 163 cm³/mol. The van der Waals surface area contributed by atoms with Crippen LogP contribution in [0.2, 0.25) is 0 Å². The molecule has 238 valence electrons. The SMILES string of the molecule is CN(C)c1cc(C#CC2(O)CCCCC2)c(O)c2c1C[C@@]1(N)C[C@@]3(N)[C@H](N(C)C)C(=O)C(C(N)=O)=C(O)[C@@]3(C#N)C(=O)C1=C2O. The molecule has 1 amide bonds. The van der Waals surface area contributed by atoms with Crippen LogP contribution in [0.15, 0.2) is 23.0 Å². The van der Waals surface area contributed by atoms with Gasteiger partial charge in [0.05, 0.1) is 39.9 Å². The minimum absolute atomic E-state index is 0.0780. The number of carbonyl (C=O) groups is 3. The van der Waals surface area contributed by atoms with Crippen LogP contribution in [-0.2, 0) is 20.8 Å². The Labute approximate surface area is 260 Å². The molecular weight excluding hydrogens is 580 g/mol. The van der Waals surface area contributed by atoms with E-state index in [0.717, 1.165) is 19.3 Å². The minimum atomic E-state index is -2.74. The second-order valence-corrected chi connectivity index (χ2v) is 13.2. The Morgan fingerprint density at radius 3 is 2.22 bits per heavy atom. The van der Waals surface area contributed by atoms with Gasteiger partial charge in [-0.05, 0) is 64.3 Å². The van der Waals surface area contributed by atoms with Crippen LogP contribution in [0.25, 0.3) is 5.76 Å². The molecule has 4 aliphatic carbocycles. The van der Waals surface area contributed by atoms with E-state index in [1.165, 1.54) is 19.0 Å². The number of carbonyl (C=O) groups excluding carboxylic acids is 3. The second kappa shape index (κ2) is 10.3. The van der Waals surface area contributed by atoms with Gasteiger partial charge in [-0.3, -0.25) is 19.3 Å². The summed E-state index contributed by atoms with van der Waals surface area (Å²) >= 11 is 0. The van der Waals surface area contributed by atoms with Crippen LogP contribution in [0.3, 0.4) is 0 Å². The molecule has 5 rings (SSSR count). The number of nitriles is 1. The van der Waals surface area contributed by atoms with Gasteiger partial charge in [-0.2, -0.15) is 5.26 Å². The van der Waals surface area contributed by atoms with Crippen LogP contribution in [-0.4, -0.2) is 93.7 Å². The number of likely N-dealkylation sites (N-methyl/N-ethyl adjacent to an activating group) is 1. The van der Waals surface area contributed by atoms with E-state index in [4.69, 9.17) is 17.2 Å². The number of hydrogen-bond acceptors (Lipinski definition) is 12. The first-order valence-corrected chi connectivity index (χ1v) is 14.6. The fourth-order valence-corrected chi connectivity index (χ4v) is 7.82. The van der Waals surface area contributed by atoms with Crippen LogP contribution in [0.4, 0.5) is 5.69 Å². The molecule has 0 aliphatic heterocycles. The van der Waals surface area contributed by atoms with Gasteiger partial charge >= 0.3 is 0 Å². The van der Waals surface area contributed by atoms with Gasteiger partial charge < -0.3 is 42.5 Å². The topological polar surface area (TPSA) is 240 Å². The number of anilines is 1. The standard InChI is InChI=1S/C32H38N6O7/c1-37(2)18-12-16(8-11-29(45)9-6-5-7-10-29)22(39)19-17(18)13-30(35)14-32(36)25(38(3)4)24(41)20(28(34)44)26(42)31(32,15-33)27(43)21(30)23(19)40/h12,25,39-40,42,45H,5-7,9-10,13-14,35-36H2,1-4H3,(H2,34,44)/t25-,30-,31+,32-/m1/s1. The van der Waals surface area contributed by atoms with Gasteiger partial charge in [0.2, 0.25) is 0 Å². The first-order valence-electron chi connectivity index (χ1n) is 14.6. The van der Waals surface area contributed by atoms with Crippen LogP contribution < -0.4 is 22.1 Å². The number of aromatic hydroxyl groups is 1. The maximum absolute atomic E-state index is 14.6. The number of fused-ring (bicyclic) bond motifs is 3. The van der Waals surface area contributed by atoms with E-state index < -0.39 is 80.4 Å². The largest absolute Gasteiger partial charge is 0.509 e. The number of hydrogen-bond donors (Lipinski definition) is 7. The summed E-state index contributed by atoms with van der Waals surface area (Å²) in [6, 6.07) is 1.87. The number of primary amides is 1. The summed E-state index contributed by atoms with van der Waals surface area (Å²) in [4.78, 5) is 43.6. The van der Waals surface area contributed by atoms with Gasteiger partial charge in [-0.25, -0.2) is 0 Å². The average Bonchev–Trinajstić information content (AvgIpc) is 2.91. The average molecular weight is 619 g/mol. The smallest absolute Gasteiger partial charge is 0.255 e. The van der Waals surface area contributed by atoms with E-state index in [0.29, 0.717) is 24.1 Å². The molecule has 13 nitrogen and oxygen atoms in total. The fourth-order valence-electron chi connectivity index (χ4n) is 7.82. The first kappa shape index (κ1) is 32.0. The van der Waals surface area contributed by atoms with Crippen molar-refractivity contribution in [2.75, 3.05) is 33.1 Å². The molecule has 1 aromatic rings. The first-order chi connectivity index (χ1) is 20.9. The van der Waals surface area contributed by atoms with Crippen LogP contribution in [0, 0.1) is 28.6 Å². The Morgan fingerprint density at radius 1 is 1.07 bits per heavy atom. The van der Waals surface area contributed by atoms with E-state index in [2.05, 4.69) is 11.8 Å². The summed E-state index contributed by atoms with van der Waals surface area (Å²) in [7, 11) is 6.37. The van der Waals surface area contributed by atoms with Crippen molar-refractivity contribution in [3.05, 3.63) is 39.7 Å². The van der Waals surface area contributed by atoms with Gasteiger partial charge in [0.1, 0.15) is 28.4 Å². The van der Waals surface area contributed by atoms with Crippen molar-refractivity contribution in [3.63, 3.8) is 0 Å². The maximum atomic E-state index is 14.6. The third-order valence-corrected chi connectivity index (χ3v) is 9.82. The van der Waals surface area contributed by atoms with E-state index in [-0.39, 0.29) is 17.5 Å². The minimum Gasteiger partial charge on any atom is -0.509 e. The molecule has 2 fully saturated rings. The Balaban J connectivity index is 1.81. The molecule has 4 aliphatic rings. The molecule has 0 unspecified atom stereocenters. The van der Waals surface area contributed by atoms with Crippen molar-refractivity contribution in [2.24, 2.45) is 22.6 Å². The van der Waals surface area contributed by atoms with Crippen molar-refractivity contribution < 1.29 is 34.8 Å². The third-order valence-electron chi connectivity index (χ3n) is 9.82. The van der Waals surface area contributed by atoms with E-state index in [9.17, 15) is 40.1 Å².